The molecule has 59 heavy (non-hydrogen) atoms. The second-order valence-electron chi connectivity index (χ2n) is 16.2. The Balaban J connectivity index is 4.70. The predicted molar refractivity (Wildman–Crippen MR) is 254 cm³/mol. The highest BCUT2D eigenvalue weighted by Gasteiger charge is 2.24. The van der Waals surface area contributed by atoms with E-state index in [9.17, 15) is 19.8 Å². The van der Waals surface area contributed by atoms with Gasteiger partial charge in [0, 0.05) is 6.42 Å². The van der Waals surface area contributed by atoms with Crippen molar-refractivity contribution >= 4 is 11.9 Å². The molecule has 6 nitrogen and oxygen atoms in total. The molecule has 1 amide bonds. The van der Waals surface area contributed by atoms with Crippen LogP contribution in [0.25, 0.3) is 0 Å². The van der Waals surface area contributed by atoms with Crippen LogP contribution < -0.4 is 5.32 Å². The van der Waals surface area contributed by atoms with E-state index in [1.807, 2.05) is 18.2 Å². The summed E-state index contributed by atoms with van der Waals surface area (Å²) in [5.74, 6) is -0.530. The van der Waals surface area contributed by atoms with E-state index in [0.29, 0.717) is 19.3 Å². The third-order valence-corrected chi connectivity index (χ3v) is 10.6. The summed E-state index contributed by atoms with van der Waals surface area (Å²) in [5.41, 5.74) is 0. The topological polar surface area (TPSA) is 95.9 Å². The van der Waals surface area contributed by atoms with Gasteiger partial charge < -0.3 is 20.3 Å². The molecule has 0 fully saturated rings. The Bertz CT molecular complexity index is 1150. The molecule has 6 heteroatoms. The summed E-state index contributed by atoms with van der Waals surface area (Å²) in [6.07, 6.45) is 59.2. The van der Waals surface area contributed by atoms with Crippen LogP contribution in [0, 0.1) is 0 Å². The minimum atomic E-state index is -0.801. The predicted octanol–water partition coefficient (Wildman–Crippen LogP) is 14.4. The number of hydrogen-bond acceptors (Lipinski definition) is 5. The number of amides is 1. The van der Waals surface area contributed by atoms with Gasteiger partial charge in [0.2, 0.25) is 5.91 Å². The van der Waals surface area contributed by atoms with E-state index >= 15 is 0 Å². The number of rotatable bonds is 42. The molecule has 3 unspecified atom stereocenters. The Morgan fingerprint density at radius 2 is 1.00 bits per heavy atom. The summed E-state index contributed by atoms with van der Waals surface area (Å²) in [6.45, 7) is 6.20. The number of hydrogen-bond donors (Lipinski definition) is 3. The fourth-order valence-electron chi connectivity index (χ4n) is 6.92. The normalized spacial score (nSPS) is 14.1. The van der Waals surface area contributed by atoms with Gasteiger partial charge in [0.15, 0.2) is 0 Å². The van der Waals surface area contributed by atoms with E-state index in [0.717, 1.165) is 116 Å². The molecule has 0 aromatic carbocycles. The van der Waals surface area contributed by atoms with Gasteiger partial charge in [0.05, 0.1) is 25.2 Å². The van der Waals surface area contributed by atoms with E-state index in [-0.39, 0.29) is 24.9 Å². The van der Waals surface area contributed by atoms with Crippen molar-refractivity contribution < 1.29 is 24.5 Å². The van der Waals surface area contributed by atoms with E-state index in [1.165, 1.54) is 51.4 Å². The number of carbonyl (C=O) groups is 2. The lowest BCUT2D eigenvalue weighted by Crippen LogP contribution is -2.46. The van der Waals surface area contributed by atoms with Gasteiger partial charge in [-0.25, -0.2) is 0 Å². The monoisotopic (exact) mass is 822 g/mol. The summed E-state index contributed by atoms with van der Waals surface area (Å²) in [4.78, 5) is 26.1. The molecule has 0 saturated heterocycles. The van der Waals surface area contributed by atoms with Crippen molar-refractivity contribution in [2.45, 2.75) is 232 Å². The van der Waals surface area contributed by atoms with Crippen LogP contribution in [0.15, 0.2) is 85.1 Å². The van der Waals surface area contributed by atoms with Gasteiger partial charge >= 0.3 is 5.97 Å². The van der Waals surface area contributed by atoms with Crippen molar-refractivity contribution in [3.05, 3.63) is 85.1 Å². The summed E-state index contributed by atoms with van der Waals surface area (Å²) in [7, 11) is 0. The second-order valence-corrected chi connectivity index (χ2v) is 16.2. The highest BCUT2D eigenvalue weighted by Crippen LogP contribution is 2.17. The van der Waals surface area contributed by atoms with Gasteiger partial charge in [0.25, 0.3) is 0 Å². The van der Waals surface area contributed by atoms with E-state index in [2.05, 4.69) is 92.9 Å². The first-order chi connectivity index (χ1) is 29.0. The average Bonchev–Trinajstić information content (AvgIpc) is 3.23. The Hall–Kier alpha value is -2.96. The van der Waals surface area contributed by atoms with E-state index in [1.54, 1.807) is 0 Å². The van der Waals surface area contributed by atoms with Crippen LogP contribution >= 0.6 is 0 Å². The summed E-state index contributed by atoms with van der Waals surface area (Å²) in [6, 6.07) is -0.717. The maximum atomic E-state index is 13.2. The van der Waals surface area contributed by atoms with E-state index in [4.69, 9.17) is 4.74 Å². The van der Waals surface area contributed by atoms with E-state index < -0.39 is 18.2 Å². The number of unbranched alkanes of at least 4 members (excludes halogenated alkanes) is 19. The van der Waals surface area contributed by atoms with Crippen molar-refractivity contribution in [1.82, 2.24) is 5.32 Å². The summed E-state index contributed by atoms with van der Waals surface area (Å²) < 4.78 is 5.90. The molecule has 0 bridgehead atoms. The van der Waals surface area contributed by atoms with Crippen LogP contribution in [0.4, 0.5) is 0 Å². The van der Waals surface area contributed by atoms with Crippen LogP contribution in [-0.2, 0) is 14.3 Å². The lowest BCUT2D eigenvalue weighted by atomic mass is 10.0. The van der Waals surface area contributed by atoms with Crippen LogP contribution in [0.1, 0.15) is 213 Å². The molecule has 0 heterocycles. The zero-order chi connectivity index (χ0) is 43.1. The van der Waals surface area contributed by atoms with Crippen molar-refractivity contribution in [2.24, 2.45) is 0 Å². The number of aliphatic hydroxyl groups is 2. The lowest BCUT2D eigenvalue weighted by molar-refractivity contribution is -0.151. The molecule has 0 radical (unpaired) electrons. The zero-order valence-electron chi connectivity index (χ0n) is 38.4. The van der Waals surface area contributed by atoms with Gasteiger partial charge in [-0.1, -0.05) is 209 Å². The first-order valence-electron chi connectivity index (χ1n) is 24.4. The fraction of sp³-hybridized carbons (Fsp3) is 0.698. The maximum absolute atomic E-state index is 13.2. The molecule has 338 valence electrons. The van der Waals surface area contributed by atoms with Crippen molar-refractivity contribution in [2.75, 3.05) is 6.61 Å². The third-order valence-electron chi connectivity index (χ3n) is 10.6. The fourth-order valence-corrected chi connectivity index (χ4v) is 6.92. The molecule has 0 aliphatic rings. The molecular weight excluding hydrogens is 731 g/mol. The summed E-state index contributed by atoms with van der Waals surface area (Å²) in [5, 5.41) is 23.7. The quantitative estimate of drug-likeness (QED) is 0.0247. The van der Waals surface area contributed by atoms with Crippen LogP contribution in [0.2, 0.25) is 0 Å². The Kier molecular flexibility index (Phi) is 43.8. The first-order valence-corrected chi connectivity index (χ1v) is 24.4. The average molecular weight is 822 g/mol. The third kappa shape index (κ3) is 41.6. The minimum absolute atomic E-state index is 0.0484. The van der Waals surface area contributed by atoms with Gasteiger partial charge in [-0.2, -0.15) is 0 Å². The number of esters is 1. The van der Waals surface area contributed by atoms with Crippen molar-refractivity contribution in [3.63, 3.8) is 0 Å². The Labute approximate surface area is 363 Å². The molecule has 0 aromatic rings. The Morgan fingerprint density at radius 3 is 1.59 bits per heavy atom. The minimum Gasteiger partial charge on any atom is -0.462 e. The van der Waals surface area contributed by atoms with Gasteiger partial charge in [-0.15, -0.1) is 0 Å². The van der Waals surface area contributed by atoms with Crippen LogP contribution in [0.3, 0.4) is 0 Å². The molecule has 0 spiro atoms. The van der Waals surface area contributed by atoms with Crippen molar-refractivity contribution in [3.8, 4) is 0 Å². The molecule has 0 aliphatic carbocycles. The largest absolute Gasteiger partial charge is 0.462 e. The number of aliphatic hydroxyl groups excluding tert-OH is 2. The number of carbonyl (C=O) groups excluding carboxylic acids is 2. The molecule has 0 aromatic heterocycles. The number of allylic oxidation sites excluding steroid dienone is 14. The highest BCUT2D eigenvalue weighted by molar-refractivity contribution is 5.77. The highest BCUT2D eigenvalue weighted by atomic mass is 16.5. The molecule has 3 atom stereocenters. The van der Waals surface area contributed by atoms with Gasteiger partial charge in [0.1, 0.15) is 6.10 Å². The van der Waals surface area contributed by atoms with Crippen LogP contribution in [-0.4, -0.2) is 46.9 Å². The number of ether oxygens (including phenoxy) is 1. The molecule has 0 aliphatic heterocycles. The first kappa shape index (κ1) is 56.0. The molecular formula is C53H91NO5. The molecule has 3 N–H and O–H groups in total. The van der Waals surface area contributed by atoms with Crippen LogP contribution in [0.5, 0.6) is 0 Å². The second kappa shape index (κ2) is 46.1. The van der Waals surface area contributed by atoms with Crippen molar-refractivity contribution in [1.29, 1.82) is 0 Å². The lowest BCUT2D eigenvalue weighted by Gasteiger charge is -2.24. The smallest absolute Gasteiger partial charge is 0.306 e. The standard InChI is InChI=1S/C53H91NO5/c1-4-7-10-13-16-19-22-24-26-28-31-34-37-40-43-46-53(58)59-49(44-41-38-35-32-30-27-25-23-20-17-14-11-8-5-2)47-52(57)54-50(48-55)51(56)45-42-39-36-33-29-21-18-15-12-9-6-3/h7-8,10-11,13,16-17,19-20,22,24-27,49-51,55-56H,4-6,9,12,14-15,18,21,23,28-48H2,1-3H3,(H,54,57)/b10-7+,11-8+,16-13+,20-17+,22-19+,26-24-,27-25+. The molecule has 0 rings (SSSR count). The maximum Gasteiger partial charge on any atom is 0.306 e. The van der Waals surface area contributed by atoms with Gasteiger partial charge in [-0.05, 0) is 77.0 Å². The van der Waals surface area contributed by atoms with Gasteiger partial charge in [-0.3, -0.25) is 9.59 Å². The zero-order valence-corrected chi connectivity index (χ0v) is 38.4. The SMILES string of the molecule is CC/C=C/C=C/C=C/C=C\CCCCCCCC(=O)OC(CCCCCC/C=C/C/C=C/C/C=C/CC)CC(=O)NC(CO)C(O)CCCCCCCCCCCCC. The number of nitrogens with one attached hydrogen (secondary N) is 1. The Morgan fingerprint density at radius 1 is 0.525 bits per heavy atom. The molecule has 0 saturated carbocycles. The summed E-state index contributed by atoms with van der Waals surface area (Å²) >= 11 is 0.